The van der Waals surface area contributed by atoms with Crippen LogP contribution in [-0.4, -0.2) is 96.5 Å². The van der Waals surface area contributed by atoms with Gasteiger partial charge in [0.05, 0.1) is 24.9 Å². The SMILES string of the molecule is CCN1CCN(c2cccc(-c3ccc(C#CC4(CN5CC6=C(C5=O)C(F)=C(OC)C=CC6)NC(O)NC4=O)cc3)n2)CC1. The minimum atomic E-state index is -1.60. The number of hydrogen-bond donors (Lipinski definition) is 3. The summed E-state index contributed by atoms with van der Waals surface area (Å²) in [6, 6.07) is 13.6. The van der Waals surface area contributed by atoms with Gasteiger partial charge in [0.2, 0.25) is 0 Å². The Labute approximate surface area is 255 Å². The Morgan fingerprint density at radius 3 is 2.59 bits per heavy atom. The van der Waals surface area contributed by atoms with Crippen LogP contribution in [-0.2, 0) is 14.3 Å². The molecule has 2 atom stereocenters. The van der Waals surface area contributed by atoms with Gasteiger partial charge < -0.3 is 29.9 Å². The average Bonchev–Trinajstić information content (AvgIpc) is 3.44. The number of allylic oxidation sites excluding steroid dienone is 2. The molecule has 0 radical (unpaired) electrons. The maximum Gasteiger partial charge on any atom is 0.257 e. The molecule has 2 aromatic rings. The number of methoxy groups -OCH3 is 1. The van der Waals surface area contributed by atoms with Gasteiger partial charge in [-0.3, -0.25) is 9.59 Å². The summed E-state index contributed by atoms with van der Waals surface area (Å²) < 4.78 is 20.2. The van der Waals surface area contributed by atoms with E-state index >= 15 is 4.39 Å². The van der Waals surface area contributed by atoms with Crippen LogP contribution in [0.1, 0.15) is 18.9 Å². The Kier molecular flexibility index (Phi) is 8.23. The Morgan fingerprint density at radius 2 is 1.91 bits per heavy atom. The van der Waals surface area contributed by atoms with Crippen molar-refractivity contribution in [2.45, 2.75) is 25.2 Å². The van der Waals surface area contributed by atoms with Gasteiger partial charge in [-0.25, -0.2) is 14.7 Å². The van der Waals surface area contributed by atoms with Crippen molar-refractivity contribution in [3.05, 3.63) is 82.9 Å². The van der Waals surface area contributed by atoms with Gasteiger partial charge in [0, 0.05) is 43.9 Å². The van der Waals surface area contributed by atoms with Crippen molar-refractivity contribution in [2.24, 2.45) is 0 Å². The van der Waals surface area contributed by atoms with Gasteiger partial charge in [-0.1, -0.05) is 43.0 Å². The molecule has 3 N–H and O–H groups in total. The molecule has 44 heavy (non-hydrogen) atoms. The predicted octanol–water partition coefficient (Wildman–Crippen LogP) is 1.90. The highest BCUT2D eigenvalue weighted by molar-refractivity contribution is 6.02. The summed E-state index contributed by atoms with van der Waals surface area (Å²) >= 11 is 0. The molecule has 11 heteroatoms. The maximum atomic E-state index is 15.1. The summed E-state index contributed by atoms with van der Waals surface area (Å²) in [7, 11) is 1.34. The van der Waals surface area contributed by atoms with E-state index in [9.17, 15) is 14.7 Å². The predicted molar refractivity (Wildman–Crippen MR) is 163 cm³/mol. The number of benzene rings is 1. The lowest BCUT2D eigenvalue weighted by atomic mass is 9.98. The van der Waals surface area contributed by atoms with E-state index in [1.807, 2.05) is 42.5 Å². The number of aromatic nitrogens is 1. The van der Waals surface area contributed by atoms with Crippen molar-refractivity contribution in [2.75, 3.05) is 57.8 Å². The highest BCUT2D eigenvalue weighted by Crippen LogP contribution is 2.34. The number of nitrogens with zero attached hydrogens (tertiary/aromatic N) is 4. The lowest BCUT2D eigenvalue weighted by molar-refractivity contribution is -0.128. The van der Waals surface area contributed by atoms with Crippen LogP contribution in [0.3, 0.4) is 0 Å². The van der Waals surface area contributed by atoms with E-state index in [4.69, 9.17) is 9.72 Å². The van der Waals surface area contributed by atoms with Crippen LogP contribution in [0.2, 0.25) is 0 Å². The number of piperazine rings is 1. The number of halogens is 1. The maximum absolute atomic E-state index is 15.1. The number of anilines is 1. The smallest absolute Gasteiger partial charge is 0.257 e. The van der Waals surface area contributed by atoms with Gasteiger partial charge in [0.25, 0.3) is 11.8 Å². The monoisotopic (exact) mass is 598 g/mol. The van der Waals surface area contributed by atoms with Gasteiger partial charge in [-0.2, -0.15) is 0 Å². The topological polar surface area (TPSA) is 110 Å². The van der Waals surface area contributed by atoms with E-state index in [0.717, 1.165) is 49.8 Å². The van der Waals surface area contributed by atoms with Crippen LogP contribution in [0.4, 0.5) is 10.2 Å². The number of rotatable bonds is 6. The highest BCUT2D eigenvalue weighted by Gasteiger charge is 2.49. The number of aliphatic hydroxyl groups excluding tert-OH is 1. The lowest BCUT2D eigenvalue weighted by Crippen LogP contribution is -2.55. The van der Waals surface area contributed by atoms with Gasteiger partial charge in [-0.15, -0.1) is 0 Å². The standard InChI is InChI=1S/C33H35FN6O4/c1-3-38-16-18-39(19-17-38)27-9-5-7-25(35-27)23-12-10-22(11-13-23)14-15-33(31(42)36-32(43)37-33)21-40-20-24-6-4-8-26(44-2)29(34)28(24)30(40)41/h4-5,7-13,32,37,43H,3,6,16-21H2,1-2H3,(H,36,42). The Morgan fingerprint density at radius 1 is 1.14 bits per heavy atom. The fourth-order valence-electron chi connectivity index (χ4n) is 5.97. The van der Waals surface area contributed by atoms with E-state index in [1.165, 1.54) is 18.1 Å². The second-order valence-corrected chi connectivity index (χ2v) is 11.2. The van der Waals surface area contributed by atoms with E-state index in [1.54, 1.807) is 6.08 Å². The van der Waals surface area contributed by atoms with Crippen molar-refractivity contribution in [1.82, 2.24) is 25.4 Å². The first-order valence-electron chi connectivity index (χ1n) is 14.8. The second kappa shape index (κ2) is 12.2. The third kappa shape index (κ3) is 5.71. The molecule has 10 nitrogen and oxygen atoms in total. The van der Waals surface area contributed by atoms with E-state index < -0.39 is 29.5 Å². The third-order valence-corrected chi connectivity index (χ3v) is 8.47. The molecular weight excluding hydrogens is 563 g/mol. The highest BCUT2D eigenvalue weighted by atomic mass is 19.1. The number of pyridine rings is 1. The molecule has 228 valence electrons. The number of aliphatic hydroxyl groups is 1. The van der Waals surface area contributed by atoms with Gasteiger partial charge in [0.1, 0.15) is 5.82 Å². The summed E-state index contributed by atoms with van der Waals surface area (Å²) in [5, 5.41) is 15.4. The van der Waals surface area contributed by atoms with Crippen LogP contribution < -0.4 is 15.5 Å². The minimum Gasteiger partial charge on any atom is -0.494 e. The summed E-state index contributed by atoms with van der Waals surface area (Å²) in [5.41, 5.74) is 1.36. The first-order valence-corrected chi connectivity index (χ1v) is 14.8. The number of likely N-dealkylation sites (N-methyl/N-ethyl adjacent to an activating group) is 1. The fourth-order valence-corrected chi connectivity index (χ4v) is 5.97. The molecule has 4 aliphatic rings. The molecule has 1 aromatic heterocycles. The lowest BCUT2D eigenvalue weighted by Gasteiger charge is -2.34. The fraction of sp³-hybridized carbons (Fsp3) is 0.364. The zero-order chi connectivity index (χ0) is 30.8. The normalized spacial score (nSPS) is 23.9. The first-order chi connectivity index (χ1) is 21.3. The molecule has 4 heterocycles. The molecule has 6 rings (SSSR count). The van der Waals surface area contributed by atoms with Crippen LogP contribution >= 0.6 is 0 Å². The van der Waals surface area contributed by atoms with Crippen LogP contribution in [0.5, 0.6) is 0 Å². The molecule has 2 unspecified atom stereocenters. The molecule has 0 bridgehead atoms. The summed E-state index contributed by atoms with van der Waals surface area (Å²) in [5.74, 6) is 5.07. The quantitative estimate of drug-likeness (QED) is 0.433. The van der Waals surface area contributed by atoms with Gasteiger partial charge in [0.15, 0.2) is 23.5 Å². The third-order valence-electron chi connectivity index (χ3n) is 8.47. The van der Waals surface area contributed by atoms with Crippen LogP contribution in [0, 0.1) is 11.8 Å². The molecular formula is C33H35FN6O4. The number of hydrogen-bond acceptors (Lipinski definition) is 8. The molecule has 1 aromatic carbocycles. The zero-order valence-electron chi connectivity index (χ0n) is 24.8. The largest absolute Gasteiger partial charge is 0.494 e. The molecule has 3 aliphatic heterocycles. The van der Waals surface area contributed by atoms with E-state index in [2.05, 4.69) is 39.2 Å². The van der Waals surface area contributed by atoms with E-state index in [0.29, 0.717) is 17.6 Å². The summed E-state index contributed by atoms with van der Waals surface area (Å²) in [6.07, 6.45) is 2.28. The van der Waals surface area contributed by atoms with Crippen LogP contribution in [0.15, 0.2) is 77.3 Å². The van der Waals surface area contributed by atoms with Crippen molar-refractivity contribution < 1.29 is 23.8 Å². The molecule has 0 saturated carbocycles. The van der Waals surface area contributed by atoms with Crippen molar-refractivity contribution in [3.63, 3.8) is 0 Å². The number of amides is 2. The Bertz CT molecular complexity index is 1620. The molecule has 2 amide bonds. The summed E-state index contributed by atoms with van der Waals surface area (Å²) in [4.78, 5) is 37.4. The Hall–Kier alpha value is -4.50. The van der Waals surface area contributed by atoms with Crippen molar-refractivity contribution in [1.29, 1.82) is 0 Å². The van der Waals surface area contributed by atoms with Gasteiger partial charge in [-0.05, 0) is 48.9 Å². The number of carbonyl (C=O) groups excluding carboxylic acids is 2. The van der Waals surface area contributed by atoms with Gasteiger partial charge >= 0.3 is 0 Å². The first kappa shape index (κ1) is 29.6. The van der Waals surface area contributed by atoms with Crippen molar-refractivity contribution in [3.8, 4) is 23.1 Å². The number of carbonyl (C=O) groups is 2. The molecule has 2 fully saturated rings. The van der Waals surface area contributed by atoms with E-state index in [-0.39, 0.29) is 24.4 Å². The Balaban J connectivity index is 1.20. The van der Waals surface area contributed by atoms with Crippen LogP contribution in [0.25, 0.3) is 11.3 Å². The minimum absolute atomic E-state index is 0.0213. The number of nitrogens with one attached hydrogen (secondary N) is 2. The second-order valence-electron chi connectivity index (χ2n) is 11.2. The zero-order valence-corrected chi connectivity index (χ0v) is 24.8. The van der Waals surface area contributed by atoms with Crippen molar-refractivity contribution >= 4 is 17.6 Å². The summed E-state index contributed by atoms with van der Waals surface area (Å²) in [6.45, 7) is 7.10. The molecule has 2 saturated heterocycles. The number of ether oxygens (including phenoxy) is 1. The molecule has 1 aliphatic carbocycles. The molecule has 0 spiro atoms. The average molecular weight is 599 g/mol.